The normalized spacial score (nSPS) is 11.9. The Morgan fingerprint density at radius 3 is 2.26 bits per heavy atom. The molecule has 2 aromatic carbocycles. The maximum Gasteiger partial charge on any atom is 0.200 e. The maximum absolute atomic E-state index is 12.4. The van der Waals surface area contributed by atoms with E-state index in [-0.39, 0.29) is 6.42 Å². The lowest BCUT2D eigenvalue weighted by atomic mass is 10.1. The fourth-order valence-electron chi connectivity index (χ4n) is 1.72. The molecule has 0 aliphatic carbocycles. The van der Waals surface area contributed by atoms with Gasteiger partial charge in [0.2, 0.25) is 0 Å². The van der Waals surface area contributed by atoms with E-state index in [9.17, 15) is 4.39 Å². The first-order valence-electron chi connectivity index (χ1n) is 5.91. The number of alkyl halides is 1. The molecule has 19 heavy (non-hydrogen) atoms. The molecule has 1 unspecified atom stereocenters. The van der Waals surface area contributed by atoms with Crippen molar-refractivity contribution >= 4 is 0 Å². The number of hydrogen-bond acceptors (Lipinski definition) is 3. The second-order valence-electron chi connectivity index (χ2n) is 4.04. The average Bonchev–Trinajstić information content (AvgIpc) is 2.41. The molecule has 100 valence electrons. The van der Waals surface area contributed by atoms with Gasteiger partial charge in [-0.15, -0.1) is 0 Å². The molecule has 0 spiro atoms. The van der Waals surface area contributed by atoms with Crippen molar-refractivity contribution in [1.82, 2.24) is 0 Å². The molecule has 0 bridgehead atoms. The lowest BCUT2D eigenvalue weighted by Crippen LogP contribution is -2.01. The van der Waals surface area contributed by atoms with Crippen molar-refractivity contribution in [1.29, 1.82) is 0 Å². The Bertz CT molecular complexity index is 523. The van der Waals surface area contributed by atoms with Crippen molar-refractivity contribution < 1.29 is 19.0 Å². The van der Waals surface area contributed by atoms with Crippen LogP contribution in [-0.4, -0.2) is 18.6 Å². The number of para-hydroxylation sites is 2. The van der Waals surface area contributed by atoms with Gasteiger partial charge in [-0.2, -0.15) is 0 Å². The van der Waals surface area contributed by atoms with Gasteiger partial charge in [0.25, 0.3) is 0 Å². The van der Waals surface area contributed by atoms with Crippen molar-refractivity contribution in [3.63, 3.8) is 0 Å². The molecule has 1 atom stereocenters. The largest absolute Gasteiger partial charge is 0.493 e. The second kappa shape index (κ2) is 6.20. The standard InChI is InChI=1S/C15H15FO3/c1-18-13-4-2-3-5-14(13)19-12-8-6-11(7-9-12)10-15(16)17/h2-9,15,17H,10H2,1H3. The van der Waals surface area contributed by atoms with Gasteiger partial charge in [-0.05, 0) is 29.8 Å². The van der Waals surface area contributed by atoms with E-state index in [1.54, 1.807) is 37.4 Å². The predicted octanol–water partition coefficient (Wildman–Crippen LogP) is 3.32. The Morgan fingerprint density at radius 2 is 1.68 bits per heavy atom. The van der Waals surface area contributed by atoms with Crippen molar-refractivity contribution in [3.05, 3.63) is 54.1 Å². The van der Waals surface area contributed by atoms with Gasteiger partial charge in [0.15, 0.2) is 17.9 Å². The molecule has 0 aliphatic heterocycles. The quantitative estimate of drug-likeness (QED) is 0.898. The minimum atomic E-state index is -1.83. The summed E-state index contributed by atoms with van der Waals surface area (Å²) in [6.45, 7) is 0. The number of halogens is 1. The molecule has 1 N–H and O–H groups in total. The third-order valence-corrected chi connectivity index (χ3v) is 2.62. The predicted molar refractivity (Wildman–Crippen MR) is 70.3 cm³/mol. The topological polar surface area (TPSA) is 38.7 Å². The van der Waals surface area contributed by atoms with Gasteiger partial charge in [-0.3, -0.25) is 0 Å². The average molecular weight is 262 g/mol. The van der Waals surface area contributed by atoms with Crippen LogP contribution >= 0.6 is 0 Å². The molecule has 0 aliphatic rings. The van der Waals surface area contributed by atoms with Crippen LogP contribution in [0, 0.1) is 0 Å². The summed E-state index contributed by atoms with van der Waals surface area (Å²) in [5.41, 5.74) is 0.711. The van der Waals surface area contributed by atoms with Crippen LogP contribution in [0.25, 0.3) is 0 Å². The van der Waals surface area contributed by atoms with Crippen LogP contribution in [-0.2, 0) is 6.42 Å². The summed E-state index contributed by atoms with van der Waals surface area (Å²) in [6, 6.07) is 14.2. The highest BCUT2D eigenvalue weighted by molar-refractivity contribution is 5.43. The lowest BCUT2D eigenvalue weighted by Gasteiger charge is -2.10. The molecule has 2 aromatic rings. The van der Waals surface area contributed by atoms with E-state index < -0.39 is 6.36 Å². The summed E-state index contributed by atoms with van der Waals surface area (Å²) in [4.78, 5) is 0. The first-order chi connectivity index (χ1) is 9.19. The monoisotopic (exact) mass is 262 g/mol. The first kappa shape index (κ1) is 13.4. The van der Waals surface area contributed by atoms with Crippen LogP contribution in [0.15, 0.2) is 48.5 Å². The first-order valence-corrected chi connectivity index (χ1v) is 5.91. The Morgan fingerprint density at radius 1 is 1.05 bits per heavy atom. The second-order valence-corrected chi connectivity index (χ2v) is 4.04. The highest BCUT2D eigenvalue weighted by atomic mass is 19.1. The van der Waals surface area contributed by atoms with Crippen LogP contribution in [0.2, 0.25) is 0 Å². The molecule has 0 fully saturated rings. The fraction of sp³-hybridized carbons (Fsp3) is 0.200. The van der Waals surface area contributed by atoms with Gasteiger partial charge in [-0.25, -0.2) is 4.39 Å². The molecule has 2 rings (SSSR count). The summed E-state index contributed by atoms with van der Waals surface area (Å²) in [5, 5.41) is 8.66. The molecular formula is C15H15FO3. The maximum atomic E-state index is 12.4. The molecular weight excluding hydrogens is 247 g/mol. The van der Waals surface area contributed by atoms with Crippen LogP contribution in [0.1, 0.15) is 5.56 Å². The van der Waals surface area contributed by atoms with Gasteiger partial charge in [0.05, 0.1) is 7.11 Å². The third-order valence-electron chi connectivity index (χ3n) is 2.62. The van der Waals surface area contributed by atoms with E-state index in [1.165, 1.54) is 0 Å². The summed E-state index contributed by atoms with van der Waals surface area (Å²) in [7, 11) is 1.58. The van der Waals surface area contributed by atoms with Crippen LogP contribution < -0.4 is 9.47 Å². The Labute approximate surface area is 111 Å². The Kier molecular flexibility index (Phi) is 4.36. The van der Waals surface area contributed by atoms with Crippen LogP contribution in [0.4, 0.5) is 4.39 Å². The molecule has 3 nitrogen and oxygen atoms in total. The highest BCUT2D eigenvalue weighted by Crippen LogP contribution is 2.30. The van der Waals surface area contributed by atoms with E-state index in [4.69, 9.17) is 14.6 Å². The van der Waals surface area contributed by atoms with Crippen molar-refractivity contribution in [3.8, 4) is 17.2 Å². The van der Waals surface area contributed by atoms with Crippen LogP contribution in [0.3, 0.4) is 0 Å². The number of ether oxygens (including phenoxy) is 2. The summed E-state index contributed by atoms with van der Waals surface area (Å²) >= 11 is 0. The molecule has 0 aromatic heterocycles. The zero-order chi connectivity index (χ0) is 13.7. The molecule has 0 radical (unpaired) electrons. The van der Waals surface area contributed by atoms with E-state index >= 15 is 0 Å². The number of aliphatic hydroxyl groups is 1. The Balaban J connectivity index is 2.11. The van der Waals surface area contributed by atoms with Crippen molar-refractivity contribution in [2.45, 2.75) is 12.8 Å². The number of hydrogen-bond donors (Lipinski definition) is 1. The van der Waals surface area contributed by atoms with Crippen molar-refractivity contribution in [2.75, 3.05) is 7.11 Å². The summed E-state index contributed by atoms with van der Waals surface area (Å²) in [6.07, 6.45) is -1.85. The van der Waals surface area contributed by atoms with Gasteiger partial charge in [0.1, 0.15) is 5.75 Å². The van der Waals surface area contributed by atoms with Gasteiger partial charge in [0, 0.05) is 6.42 Å². The number of benzene rings is 2. The molecule has 0 amide bonds. The van der Waals surface area contributed by atoms with Gasteiger partial charge < -0.3 is 14.6 Å². The SMILES string of the molecule is COc1ccccc1Oc1ccc(CC(O)F)cc1. The summed E-state index contributed by atoms with van der Waals surface area (Å²) in [5.74, 6) is 1.88. The molecule has 0 saturated carbocycles. The summed E-state index contributed by atoms with van der Waals surface area (Å²) < 4.78 is 23.3. The minimum Gasteiger partial charge on any atom is -0.493 e. The van der Waals surface area contributed by atoms with Crippen LogP contribution in [0.5, 0.6) is 17.2 Å². The fourth-order valence-corrected chi connectivity index (χ4v) is 1.72. The van der Waals surface area contributed by atoms with Gasteiger partial charge in [-0.1, -0.05) is 24.3 Å². The number of methoxy groups -OCH3 is 1. The van der Waals surface area contributed by atoms with E-state index in [2.05, 4.69) is 0 Å². The smallest absolute Gasteiger partial charge is 0.200 e. The van der Waals surface area contributed by atoms with E-state index in [0.29, 0.717) is 22.8 Å². The van der Waals surface area contributed by atoms with E-state index in [1.807, 2.05) is 18.2 Å². The molecule has 0 saturated heterocycles. The minimum absolute atomic E-state index is 0.0189. The number of aliphatic hydroxyl groups excluding tert-OH is 1. The third kappa shape index (κ3) is 3.69. The van der Waals surface area contributed by atoms with Gasteiger partial charge >= 0.3 is 0 Å². The zero-order valence-corrected chi connectivity index (χ0v) is 10.5. The van der Waals surface area contributed by atoms with E-state index in [0.717, 1.165) is 0 Å². The molecule has 4 heteroatoms. The zero-order valence-electron chi connectivity index (χ0n) is 10.5. The number of rotatable bonds is 5. The van der Waals surface area contributed by atoms with Crippen molar-refractivity contribution in [2.24, 2.45) is 0 Å². The highest BCUT2D eigenvalue weighted by Gasteiger charge is 2.05. The Hall–Kier alpha value is -2.07. The molecule has 0 heterocycles. The lowest BCUT2D eigenvalue weighted by molar-refractivity contribution is 0.0430.